The number of carbonyl (C=O) groups is 4. The smallest absolute Gasteiger partial charge is 0.352 e. The number of amides is 3. The highest BCUT2D eigenvalue weighted by molar-refractivity contribution is 8.00. The van der Waals surface area contributed by atoms with E-state index in [0.29, 0.717) is 33.4 Å². The van der Waals surface area contributed by atoms with Gasteiger partial charge in [0, 0.05) is 89.5 Å². The summed E-state index contributed by atoms with van der Waals surface area (Å²) in [4.78, 5) is 57.2. The van der Waals surface area contributed by atoms with E-state index in [1.165, 1.54) is 40.9 Å². The molecule has 4 atom stereocenters. The van der Waals surface area contributed by atoms with Gasteiger partial charge in [-0.25, -0.2) is 13.2 Å². The number of hydrogen-bond acceptors (Lipinski definition) is 11. The van der Waals surface area contributed by atoms with Gasteiger partial charge in [-0.2, -0.15) is 8.88 Å². The van der Waals surface area contributed by atoms with Crippen LogP contribution in [0.15, 0.2) is 142 Å². The van der Waals surface area contributed by atoms with Crippen LogP contribution in [-0.2, 0) is 46.8 Å². The molecule has 3 saturated heterocycles. The number of anilines is 2. The fraction of sp³-hybridized carbons (Fsp3) is 0.250. The molecule has 12 rings (SSSR count). The molecule has 3 fully saturated rings. The summed E-state index contributed by atoms with van der Waals surface area (Å²) in [6, 6.07) is 33.2. The lowest BCUT2D eigenvalue weighted by Gasteiger charge is -2.50. The lowest BCUT2D eigenvalue weighted by Crippen LogP contribution is -2.72. The van der Waals surface area contributed by atoms with Crippen LogP contribution in [0.4, 0.5) is 17.1 Å². The molecule has 3 amide bonds. The van der Waals surface area contributed by atoms with Gasteiger partial charge in [-0.1, -0.05) is 54.6 Å². The van der Waals surface area contributed by atoms with Crippen LogP contribution in [0.1, 0.15) is 17.5 Å². The van der Waals surface area contributed by atoms with E-state index in [1.807, 2.05) is 60.7 Å². The fourth-order valence-corrected chi connectivity index (χ4v) is 13.5. The molecule has 7 heterocycles. The lowest BCUT2D eigenvalue weighted by atomic mass is 9.93. The molecule has 18 heteroatoms. The third kappa shape index (κ3) is 6.86. The SMILES string of the molecule is CN(CC1=C(C(=O)O)N2C(=O)[C@@H](NC(=O)[C@H]3/C(=C/CO)O[C@@H]4CC(=O)N43)[C@H]2SC1)S(=O)(=O)c1ccccc1-c1c2ccc(=[N+]3CCc4ccccc43)cc-2oc2cc(N3CCc4ccccc43)ccc12. The third-order valence-electron chi connectivity index (χ3n) is 14.2. The number of rotatable bonds is 10. The van der Waals surface area contributed by atoms with Crippen LogP contribution in [0.2, 0.25) is 0 Å². The van der Waals surface area contributed by atoms with Crippen LogP contribution in [0.5, 0.6) is 0 Å². The summed E-state index contributed by atoms with van der Waals surface area (Å²) in [5, 5.41) is 23.6. The third-order valence-corrected chi connectivity index (χ3v) is 17.4. The molecule has 16 nitrogen and oxygen atoms in total. The number of carbonyl (C=O) groups excluding carboxylic acids is 3. The quantitative estimate of drug-likeness (QED) is 0.0972. The average molecular weight is 978 g/mol. The molecule has 3 N–H and O–H groups in total. The molecule has 0 aromatic heterocycles. The van der Waals surface area contributed by atoms with E-state index in [4.69, 9.17) is 9.15 Å². The largest absolute Gasteiger partial charge is 0.477 e. The summed E-state index contributed by atoms with van der Waals surface area (Å²) in [7, 11) is -2.98. The Morgan fingerprint density at radius 3 is 2.54 bits per heavy atom. The molecule has 70 heavy (non-hydrogen) atoms. The summed E-state index contributed by atoms with van der Waals surface area (Å²) in [6.45, 7) is 0.806. The minimum Gasteiger partial charge on any atom is -0.477 e. The van der Waals surface area contributed by atoms with Crippen LogP contribution in [0.25, 0.3) is 33.4 Å². The highest BCUT2D eigenvalue weighted by atomic mass is 32.2. The number of β-lactam (4-membered cyclic amide) rings is 2. The van der Waals surface area contributed by atoms with E-state index in [1.54, 1.807) is 24.3 Å². The first kappa shape index (κ1) is 44.0. The number of nitrogens with one attached hydrogen (secondary N) is 1. The van der Waals surface area contributed by atoms with Crippen molar-refractivity contribution in [1.29, 1.82) is 0 Å². The van der Waals surface area contributed by atoms with Gasteiger partial charge in [-0.15, -0.1) is 11.8 Å². The molecular weight excluding hydrogens is 933 g/mol. The Balaban J connectivity index is 0.893. The number of hydrogen-bond donors (Lipinski definition) is 3. The van der Waals surface area contributed by atoms with Gasteiger partial charge in [-0.3, -0.25) is 24.2 Å². The van der Waals surface area contributed by atoms with Crippen molar-refractivity contribution in [3.63, 3.8) is 0 Å². The van der Waals surface area contributed by atoms with E-state index in [0.717, 1.165) is 57.6 Å². The predicted octanol–water partition coefficient (Wildman–Crippen LogP) is 4.75. The van der Waals surface area contributed by atoms with Crippen molar-refractivity contribution in [2.45, 2.75) is 47.8 Å². The van der Waals surface area contributed by atoms with Crippen molar-refractivity contribution in [3.8, 4) is 22.5 Å². The zero-order valence-electron chi connectivity index (χ0n) is 37.6. The molecule has 1 aliphatic carbocycles. The molecule has 0 saturated carbocycles. The van der Waals surface area contributed by atoms with E-state index >= 15 is 8.42 Å². The Hall–Kier alpha value is -7.25. The number of sulfonamides is 1. The molecule has 4 aromatic rings. The summed E-state index contributed by atoms with van der Waals surface area (Å²) in [5.41, 5.74) is 7.90. The Morgan fingerprint density at radius 1 is 0.943 bits per heavy atom. The van der Waals surface area contributed by atoms with E-state index in [-0.39, 0.29) is 46.6 Å². The van der Waals surface area contributed by atoms with Gasteiger partial charge in [0.2, 0.25) is 27.0 Å². The fourth-order valence-electron chi connectivity index (χ4n) is 10.8. The van der Waals surface area contributed by atoms with Crippen LogP contribution in [0.3, 0.4) is 0 Å². The maximum Gasteiger partial charge on any atom is 0.352 e. The number of aliphatic hydroxyl groups excluding tert-OH is 1. The van der Waals surface area contributed by atoms with Gasteiger partial charge in [0.15, 0.2) is 18.8 Å². The average Bonchev–Trinajstić information content (AvgIpc) is 4.08. The van der Waals surface area contributed by atoms with Crippen LogP contribution in [-0.4, -0.2) is 119 Å². The molecule has 8 aliphatic rings. The highest BCUT2D eigenvalue weighted by Crippen LogP contribution is 2.46. The second-order valence-corrected chi connectivity index (χ2v) is 21.2. The van der Waals surface area contributed by atoms with Gasteiger partial charge in [-0.05, 0) is 54.0 Å². The number of benzene rings is 5. The zero-order valence-corrected chi connectivity index (χ0v) is 39.3. The number of ether oxygens (including phenoxy) is 1. The number of thioether (sulfide) groups is 1. The molecule has 4 aromatic carbocycles. The van der Waals surface area contributed by atoms with Gasteiger partial charge >= 0.3 is 5.97 Å². The van der Waals surface area contributed by atoms with Gasteiger partial charge in [0.1, 0.15) is 34.2 Å². The Bertz CT molecular complexity index is 3500. The number of aliphatic carboxylic acids is 1. The Kier molecular flexibility index (Phi) is 10.5. The molecular formula is C52H45N6O10S2+. The second-order valence-electron chi connectivity index (χ2n) is 18.1. The topological polar surface area (TPSA) is 193 Å². The maximum absolute atomic E-state index is 15.0. The summed E-state index contributed by atoms with van der Waals surface area (Å²) in [5.74, 6) is -2.43. The summed E-state index contributed by atoms with van der Waals surface area (Å²) < 4.78 is 46.0. The van der Waals surface area contributed by atoms with Crippen LogP contribution < -0.4 is 20.1 Å². The number of likely N-dealkylation sites (N-methyl/N-ethyl adjacent to an activating group) is 1. The van der Waals surface area contributed by atoms with E-state index in [2.05, 4.69) is 39.1 Å². The van der Waals surface area contributed by atoms with E-state index < -0.39 is 58.1 Å². The van der Waals surface area contributed by atoms with Crippen molar-refractivity contribution < 1.29 is 47.0 Å². The number of carboxylic acid groups (broad SMARTS) is 1. The van der Waals surface area contributed by atoms with Crippen molar-refractivity contribution >= 4 is 73.5 Å². The molecule has 354 valence electrons. The standard InChI is InChI=1S/C52H44N6O10S2/c1-54(27-31-28-69-51-46(50(62)58(51)47(31)52(63)64)53-49(61)48-39(20-23-59)68-44-26-43(60)57(44)48)70(65,66)42-13-7-4-10-36(42)45-34-16-14-32(55-21-18-29-8-2-5-11-37(29)55)24-40(34)67-41-25-33(15-17-35(41)45)56-22-19-30-9-3-6-12-38(30)56/h2-17,20,24-25,44,46,48,51,59H,18-19,21-23,26-28H2,1H3,(H-,53,61,63,64)/p+1/b39-20-/t44-,46-,48-,51-/m1/s1. The van der Waals surface area contributed by atoms with Crippen LogP contribution in [0, 0.1) is 0 Å². The minimum atomic E-state index is -4.37. The zero-order chi connectivity index (χ0) is 48.2. The predicted molar refractivity (Wildman–Crippen MR) is 260 cm³/mol. The second kappa shape index (κ2) is 16.7. The van der Waals surface area contributed by atoms with Crippen LogP contribution >= 0.6 is 11.8 Å². The molecule has 7 aliphatic heterocycles. The van der Waals surface area contributed by atoms with Gasteiger partial charge in [0.25, 0.3) is 11.8 Å². The normalized spacial score (nSPS) is 22.8. The first-order valence-corrected chi connectivity index (χ1v) is 25.5. The van der Waals surface area contributed by atoms with Crippen molar-refractivity contribution in [1.82, 2.24) is 24.0 Å². The Morgan fingerprint density at radius 2 is 1.73 bits per heavy atom. The number of para-hydroxylation sites is 2. The molecule has 0 spiro atoms. The summed E-state index contributed by atoms with van der Waals surface area (Å²) in [6.07, 6.45) is 2.51. The highest BCUT2D eigenvalue weighted by Gasteiger charge is 2.58. The Labute approximate surface area is 405 Å². The minimum absolute atomic E-state index is 0.00329. The first-order valence-electron chi connectivity index (χ1n) is 23.0. The van der Waals surface area contributed by atoms with Crippen molar-refractivity contribution in [2.75, 3.05) is 43.9 Å². The number of fused-ring (bicyclic) bond motifs is 6. The number of nitrogens with zero attached hydrogens (tertiary/aromatic N) is 5. The first-order chi connectivity index (χ1) is 33.9. The van der Waals surface area contributed by atoms with Crippen molar-refractivity contribution in [2.24, 2.45) is 0 Å². The molecule has 0 bridgehead atoms. The monoisotopic (exact) mass is 977 g/mol. The number of aliphatic hydroxyl groups is 1. The molecule has 0 radical (unpaired) electrons. The lowest BCUT2D eigenvalue weighted by molar-refractivity contribution is -0.160. The molecule has 0 unspecified atom stereocenters. The van der Waals surface area contributed by atoms with Gasteiger partial charge < -0.3 is 29.6 Å². The van der Waals surface area contributed by atoms with E-state index in [9.17, 15) is 29.4 Å². The van der Waals surface area contributed by atoms with Crippen molar-refractivity contribution in [3.05, 3.63) is 149 Å². The summed E-state index contributed by atoms with van der Waals surface area (Å²) >= 11 is 1.19. The number of carboxylic acids is 1. The van der Waals surface area contributed by atoms with Gasteiger partial charge in [0.05, 0.1) is 24.0 Å². The maximum atomic E-state index is 15.0.